The summed E-state index contributed by atoms with van der Waals surface area (Å²) in [6.45, 7) is 11.8. The van der Waals surface area contributed by atoms with Crippen LogP contribution in [0.1, 0.15) is 66.4 Å². The van der Waals surface area contributed by atoms with E-state index in [-0.39, 0.29) is 41.4 Å². The minimum absolute atomic E-state index is 0.0835. The van der Waals surface area contributed by atoms with Crippen molar-refractivity contribution >= 4 is 17.8 Å². The molecule has 1 aromatic rings. The number of aliphatic hydroxyl groups excluding tert-OH is 1. The van der Waals surface area contributed by atoms with Gasteiger partial charge in [-0.2, -0.15) is 0 Å². The van der Waals surface area contributed by atoms with E-state index in [1.165, 1.54) is 30.0 Å². The fourth-order valence-electron chi connectivity index (χ4n) is 5.93. The van der Waals surface area contributed by atoms with E-state index in [0.29, 0.717) is 11.5 Å². The lowest BCUT2D eigenvalue weighted by Crippen LogP contribution is -2.54. The first-order valence-electron chi connectivity index (χ1n) is 12.7. The first kappa shape index (κ1) is 27.8. The topological polar surface area (TPSA) is 136 Å². The predicted octanol–water partition coefficient (Wildman–Crippen LogP) is 2.50. The maximum absolute atomic E-state index is 13.1. The van der Waals surface area contributed by atoms with Crippen LogP contribution in [-0.4, -0.2) is 68.8 Å². The minimum atomic E-state index is -1.47. The van der Waals surface area contributed by atoms with Crippen LogP contribution in [0.25, 0.3) is 0 Å². The van der Waals surface area contributed by atoms with Gasteiger partial charge in [-0.3, -0.25) is 9.59 Å². The van der Waals surface area contributed by atoms with Crippen LogP contribution in [0.15, 0.2) is 18.2 Å². The zero-order valence-corrected chi connectivity index (χ0v) is 22.1. The Morgan fingerprint density at radius 1 is 1.17 bits per heavy atom. The molecule has 9 nitrogen and oxygen atoms in total. The van der Waals surface area contributed by atoms with Crippen molar-refractivity contribution in [3.05, 3.63) is 23.8 Å². The number of carbonyl (C=O) groups excluding carboxylic acids is 3. The molecule has 1 aromatic carbocycles. The predicted molar refractivity (Wildman–Crippen MR) is 133 cm³/mol. The highest BCUT2D eigenvalue weighted by molar-refractivity contribution is 5.91. The molecule has 0 saturated heterocycles. The van der Waals surface area contributed by atoms with Crippen LogP contribution in [0.5, 0.6) is 11.5 Å². The Bertz CT molecular complexity index is 1010. The van der Waals surface area contributed by atoms with E-state index in [1.54, 1.807) is 13.8 Å². The van der Waals surface area contributed by atoms with Crippen LogP contribution in [0.3, 0.4) is 0 Å². The molecule has 0 spiro atoms. The second-order valence-corrected chi connectivity index (χ2v) is 11.1. The lowest BCUT2D eigenvalue weighted by atomic mass is 9.70. The number of phenolic OH excluding ortho intramolecular Hbond substituents is 2. The van der Waals surface area contributed by atoms with E-state index in [0.717, 1.165) is 19.3 Å². The van der Waals surface area contributed by atoms with Gasteiger partial charge in [0, 0.05) is 18.4 Å². The standard InChI is InChI=1S/C27H40N2O7/c1-7-29(16(3)25(35)36-22-14-18-10-11-27(22,6)26(18,4)5)24(34)15(2)28-23(33)21(32)13-17-8-9-19(30)20(31)12-17/h8-9,12,15-16,18,21-22,30-32H,7,10-11,13-14H2,1-6H3,(H,28,33)/t15-,16-,18?,21-,22?,27?/m0/s1. The van der Waals surface area contributed by atoms with E-state index >= 15 is 0 Å². The first-order valence-corrected chi connectivity index (χ1v) is 12.7. The van der Waals surface area contributed by atoms with Crippen LogP contribution in [0, 0.1) is 16.7 Å². The van der Waals surface area contributed by atoms with Crippen molar-refractivity contribution < 1.29 is 34.4 Å². The molecular formula is C27H40N2O7. The molecular weight excluding hydrogens is 464 g/mol. The van der Waals surface area contributed by atoms with Gasteiger partial charge in [0.05, 0.1) is 0 Å². The van der Waals surface area contributed by atoms with E-state index in [4.69, 9.17) is 4.74 Å². The average molecular weight is 505 g/mol. The highest BCUT2D eigenvalue weighted by Gasteiger charge is 2.63. The number of hydrogen-bond donors (Lipinski definition) is 4. The van der Waals surface area contributed by atoms with E-state index in [9.17, 15) is 29.7 Å². The Balaban J connectivity index is 1.57. The number of nitrogens with one attached hydrogen (secondary N) is 1. The number of ether oxygens (including phenoxy) is 1. The molecule has 2 aliphatic carbocycles. The number of hydrogen-bond acceptors (Lipinski definition) is 7. The number of fused-ring (bicyclic) bond motifs is 2. The van der Waals surface area contributed by atoms with Gasteiger partial charge in [-0.15, -0.1) is 0 Å². The number of nitrogens with zero attached hydrogens (tertiary/aromatic N) is 1. The molecule has 3 rings (SSSR count). The summed E-state index contributed by atoms with van der Waals surface area (Å²) in [5.74, 6) is -1.80. The minimum Gasteiger partial charge on any atom is -0.504 e. The van der Waals surface area contributed by atoms with Gasteiger partial charge in [-0.05, 0) is 69.1 Å². The lowest BCUT2D eigenvalue weighted by molar-refractivity contribution is -0.166. The van der Waals surface area contributed by atoms with Gasteiger partial charge in [-0.25, -0.2) is 4.79 Å². The van der Waals surface area contributed by atoms with Crippen LogP contribution in [-0.2, 0) is 25.5 Å². The van der Waals surface area contributed by atoms with Crippen LogP contribution in [0.2, 0.25) is 0 Å². The summed E-state index contributed by atoms with van der Waals surface area (Å²) in [5.41, 5.74) is 0.454. The van der Waals surface area contributed by atoms with Crippen LogP contribution < -0.4 is 5.32 Å². The van der Waals surface area contributed by atoms with Crippen molar-refractivity contribution in [3.8, 4) is 11.5 Å². The third-order valence-corrected chi connectivity index (χ3v) is 8.91. The molecule has 200 valence electrons. The molecule has 0 aromatic heterocycles. The molecule has 0 radical (unpaired) electrons. The second kappa shape index (κ2) is 10.3. The number of carbonyl (C=O) groups is 3. The van der Waals surface area contributed by atoms with Gasteiger partial charge in [0.15, 0.2) is 11.5 Å². The van der Waals surface area contributed by atoms with Gasteiger partial charge in [0.1, 0.15) is 24.3 Å². The summed E-state index contributed by atoms with van der Waals surface area (Å²) < 4.78 is 5.96. The number of amides is 2. The average Bonchev–Trinajstić information content (AvgIpc) is 3.15. The van der Waals surface area contributed by atoms with E-state index in [2.05, 4.69) is 26.1 Å². The van der Waals surface area contributed by atoms with Gasteiger partial charge < -0.3 is 30.3 Å². The van der Waals surface area contributed by atoms with Gasteiger partial charge in [-0.1, -0.05) is 26.8 Å². The fourth-order valence-corrected chi connectivity index (χ4v) is 5.93. The summed E-state index contributed by atoms with van der Waals surface area (Å²) in [6, 6.07) is 2.19. The molecule has 0 heterocycles. The van der Waals surface area contributed by atoms with Crippen LogP contribution >= 0.6 is 0 Å². The molecule has 3 unspecified atom stereocenters. The molecule has 9 heteroatoms. The molecule has 6 atom stereocenters. The third-order valence-electron chi connectivity index (χ3n) is 8.91. The normalized spacial score (nSPS) is 26.6. The zero-order chi connectivity index (χ0) is 27.0. The van der Waals surface area contributed by atoms with E-state index < -0.39 is 36.0 Å². The molecule has 4 N–H and O–H groups in total. The molecule has 36 heavy (non-hydrogen) atoms. The number of aliphatic hydroxyl groups is 1. The smallest absolute Gasteiger partial charge is 0.328 e. The number of likely N-dealkylation sites (N-methyl/N-ethyl adjacent to an activating group) is 1. The Morgan fingerprint density at radius 2 is 1.83 bits per heavy atom. The molecule has 2 saturated carbocycles. The summed E-state index contributed by atoms with van der Waals surface area (Å²) in [7, 11) is 0. The maximum atomic E-state index is 13.1. The summed E-state index contributed by atoms with van der Waals surface area (Å²) >= 11 is 0. The quantitative estimate of drug-likeness (QED) is 0.300. The van der Waals surface area contributed by atoms with Crippen molar-refractivity contribution in [1.82, 2.24) is 10.2 Å². The summed E-state index contributed by atoms with van der Waals surface area (Å²) in [6.07, 6.45) is 1.24. The zero-order valence-electron chi connectivity index (χ0n) is 22.1. The molecule has 0 aliphatic heterocycles. The Morgan fingerprint density at radius 3 is 2.36 bits per heavy atom. The van der Waals surface area contributed by atoms with Crippen molar-refractivity contribution in [2.24, 2.45) is 16.7 Å². The van der Waals surface area contributed by atoms with E-state index in [1.807, 2.05) is 0 Å². The van der Waals surface area contributed by atoms with Crippen molar-refractivity contribution in [2.75, 3.05) is 6.54 Å². The number of benzene rings is 1. The Hall–Kier alpha value is -2.81. The molecule has 2 aliphatic rings. The van der Waals surface area contributed by atoms with Crippen LogP contribution in [0.4, 0.5) is 0 Å². The number of phenols is 2. The van der Waals surface area contributed by atoms with Crippen molar-refractivity contribution in [2.45, 2.75) is 91.5 Å². The highest BCUT2D eigenvalue weighted by Crippen LogP contribution is 2.66. The highest BCUT2D eigenvalue weighted by atomic mass is 16.5. The van der Waals surface area contributed by atoms with Crippen molar-refractivity contribution in [3.63, 3.8) is 0 Å². The largest absolute Gasteiger partial charge is 0.504 e. The van der Waals surface area contributed by atoms with Gasteiger partial charge in [0.2, 0.25) is 11.8 Å². The van der Waals surface area contributed by atoms with Gasteiger partial charge in [0.25, 0.3) is 0 Å². The maximum Gasteiger partial charge on any atom is 0.328 e. The summed E-state index contributed by atoms with van der Waals surface area (Å²) in [4.78, 5) is 40.0. The monoisotopic (exact) mass is 504 g/mol. The number of rotatable bonds is 9. The molecule has 2 bridgehead atoms. The Kier molecular flexibility index (Phi) is 7.93. The summed E-state index contributed by atoms with van der Waals surface area (Å²) in [5, 5.41) is 31.8. The number of esters is 1. The second-order valence-electron chi connectivity index (χ2n) is 11.1. The van der Waals surface area contributed by atoms with Crippen molar-refractivity contribution in [1.29, 1.82) is 0 Å². The third kappa shape index (κ3) is 5.03. The molecule has 2 amide bonds. The first-order chi connectivity index (χ1) is 16.7. The SMILES string of the molecule is CCN(C(=O)[C@H](C)NC(=O)[C@@H](O)Cc1ccc(O)c(O)c1)[C@@H](C)C(=O)OC1CC2CCC1(C)C2(C)C. The number of aromatic hydroxyl groups is 2. The fraction of sp³-hybridized carbons (Fsp3) is 0.667. The van der Waals surface area contributed by atoms with Gasteiger partial charge >= 0.3 is 5.97 Å². The lowest BCUT2D eigenvalue weighted by Gasteiger charge is -2.39. The Labute approximate surface area is 212 Å². The molecule has 2 fully saturated rings.